The van der Waals surface area contributed by atoms with Crippen LogP contribution >= 0.6 is 0 Å². The Bertz CT molecular complexity index is 364. The van der Waals surface area contributed by atoms with Crippen molar-refractivity contribution in [2.24, 2.45) is 0 Å². The van der Waals surface area contributed by atoms with Gasteiger partial charge in [-0.25, -0.2) is 0 Å². The molecule has 1 aromatic carbocycles. The van der Waals surface area contributed by atoms with Gasteiger partial charge < -0.3 is 10.0 Å². The Hall–Kier alpha value is -0.860. The minimum absolute atomic E-state index is 0.375. The Morgan fingerprint density at radius 1 is 0.905 bits per heavy atom. The summed E-state index contributed by atoms with van der Waals surface area (Å²) >= 11 is 0. The van der Waals surface area contributed by atoms with E-state index in [4.69, 9.17) is 0 Å². The van der Waals surface area contributed by atoms with Crippen LogP contribution in [0.5, 0.6) is 0 Å². The summed E-state index contributed by atoms with van der Waals surface area (Å²) in [5.41, 5.74) is 2.37. The molecule has 0 radical (unpaired) electrons. The molecule has 1 N–H and O–H groups in total. The predicted octanol–water partition coefficient (Wildman–Crippen LogP) is 4.75. The normalized spacial score (nSPS) is 13.1. The minimum atomic E-state index is -0.375. The van der Waals surface area contributed by atoms with E-state index in [0.29, 0.717) is 5.92 Å². The Kier molecular flexibility index (Phi) is 8.63. The number of nitrogens with zero attached hydrogens (tertiary/aromatic N) is 1. The second-order valence-electron chi connectivity index (χ2n) is 6.34. The molecule has 1 unspecified atom stereocenters. The van der Waals surface area contributed by atoms with Crippen LogP contribution in [0.15, 0.2) is 24.3 Å². The molecule has 120 valence electrons. The molecular formula is C19H33NO. The van der Waals surface area contributed by atoms with Crippen molar-refractivity contribution in [1.29, 1.82) is 0 Å². The molecule has 0 amide bonds. The van der Waals surface area contributed by atoms with Crippen molar-refractivity contribution in [3.05, 3.63) is 35.4 Å². The molecular weight excluding hydrogens is 258 g/mol. The summed E-state index contributed by atoms with van der Waals surface area (Å²) in [5, 5.41) is 10.5. The SMILES string of the molecule is CCCCN(CCCC)CC(O)c1ccc(C(C)C)cc1. The van der Waals surface area contributed by atoms with Gasteiger partial charge in [0.05, 0.1) is 6.10 Å². The summed E-state index contributed by atoms with van der Waals surface area (Å²) in [6.07, 6.45) is 4.47. The van der Waals surface area contributed by atoms with Crippen molar-refractivity contribution in [3.8, 4) is 0 Å². The fraction of sp³-hybridized carbons (Fsp3) is 0.684. The fourth-order valence-corrected chi connectivity index (χ4v) is 2.51. The molecule has 0 saturated carbocycles. The first kappa shape index (κ1) is 18.2. The first-order valence-corrected chi connectivity index (χ1v) is 8.58. The zero-order valence-corrected chi connectivity index (χ0v) is 14.3. The average Bonchev–Trinajstić information content (AvgIpc) is 2.49. The molecule has 2 heteroatoms. The van der Waals surface area contributed by atoms with Crippen molar-refractivity contribution in [1.82, 2.24) is 4.90 Å². The van der Waals surface area contributed by atoms with Crippen LogP contribution in [0, 0.1) is 0 Å². The molecule has 0 bridgehead atoms. The van der Waals surface area contributed by atoms with Gasteiger partial charge in [-0.3, -0.25) is 0 Å². The van der Waals surface area contributed by atoms with E-state index in [9.17, 15) is 5.11 Å². The second kappa shape index (κ2) is 9.97. The maximum atomic E-state index is 10.5. The molecule has 0 aliphatic carbocycles. The van der Waals surface area contributed by atoms with Crippen LogP contribution in [0.1, 0.15) is 76.5 Å². The van der Waals surface area contributed by atoms with E-state index in [1.54, 1.807) is 0 Å². The fourth-order valence-electron chi connectivity index (χ4n) is 2.51. The lowest BCUT2D eigenvalue weighted by Crippen LogP contribution is -2.30. The highest BCUT2D eigenvalue weighted by Crippen LogP contribution is 2.19. The smallest absolute Gasteiger partial charge is 0.0916 e. The summed E-state index contributed by atoms with van der Waals surface area (Å²) in [6, 6.07) is 8.45. The van der Waals surface area contributed by atoms with Crippen molar-refractivity contribution in [2.75, 3.05) is 19.6 Å². The monoisotopic (exact) mass is 291 g/mol. The number of unbranched alkanes of at least 4 members (excludes halogenated alkanes) is 2. The van der Waals surface area contributed by atoms with E-state index in [1.165, 1.54) is 31.2 Å². The highest BCUT2D eigenvalue weighted by Gasteiger charge is 2.13. The molecule has 1 atom stereocenters. The predicted molar refractivity (Wildman–Crippen MR) is 91.7 cm³/mol. The van der Waals surface area contributed by atoms with Crippen LogP contribution in [0.2, 0.25) is 0 Å². The third-order valence-corrected chi connectivity index (χ3v) is 4.07. The molecule has 1 aromatic rings. The van der Waals surface area contributed by atoms with Crippen molar-refractivity contribution < 1.29 is 5.11 Å². The lowest BCUT2D eigenvalue weighted by molar-refractivity contribution is 0.111. The van der Waals surface area contributed by atoms with Crippen molar-refractivity contribution >= 4 is 0 Å². The molecule has 21 heavy (non-hydrogen) atoms. The second-order valence-corrected chi connectivity index (χ2v) is 6.34. The lowest BCUT2D eigenvalue weighted by Gasteiger charge is -2.25. The van der Waals surface area contributed by atoms with Gasteiger partial charge in [-0.2, -0.15) is 0 Å². The van der Waals surface area contributed by atoms with Crippen molar-refractivity contribution in [3.63, 3.8) is 0 Å². The van der Waals surface area contributed by atoms with Crippen LogP contribution < -0.4 is 0 Å². The van der Waals surface area contributed by atoms with Gasteiger partial charge >= 0.3 is 0 Å². The molecule has 2 nitrogen and oxygen atoms in total. The topological polar surface area (TPSA) is 23.5 Å². The molecule has 0 aromatic heterocycles. The maximum Gasteiger partial charge on any atom is 0.0916 e. The van der Waals surface area contributed by atoms with Crippen LogP contribution in [-0.4, -0.2) is 29.6 Å². The van der Waals surface area contributed by atoms with E-state index in [-0.39, 0.29) is 6.10 Å². The summed E-state index contributed by atoms with van der Waals surface area (Å²) in [4.78, 5) is 2.41. The van der Waals surface area contributed by atoms with Gasteiger partial charge in [-0.15, -0.1) is 0 Å². The minimum Gasteiger partial charge on any atom is -0.387 e. The number of rotatable bonds is 10. The summed E-state index contributed by atoms with van der Waals surface area (Å²) in [5.74, 6) is 0.543. The molecule has 0 fully saturated rings. The van der Waals surface area contributed by atoms with Gasteiger partial charge in [0, 0.05) is 6.54 Å². The van der Waals surface area contributed by atoms with Crippen LogP contribution in [0.4, 0.5) is 0 Å². The molecule has 0 aliphatic heterocycles. The van der Waals surface area contributed by atoms with Gasteiger partial charge in [0.1, 0.15) is 0 Å². The van der Waals surface area contributed by atoms with E-state index in [0.717, 1.165) is 25.2 Å². The standard InChI is InChI=1S/C19H33NO/c1-5-7-13-20(14-8-6-2)15-19(21)18-11-9-17(10-12-18)16(3)4/h9-12,16,19,21H,5-8,13-15H2,1-4H3. The average molecular weight is 291 g/mol. The number of hydrogen-bond donors (Lipinski definition) is 1. The Morgan fingerprint density at radius 2 is 1.38 bits per heavy atom. The Morgan fingerprint density at radius 3 is 1.81 bits per heavy atom. The van der Waals surface area contributed by atoms with E-state index in [1.807, 2.05) is 0 Å². The summed E-state index contributed by atoms with van der Waals surface area (Å²) in [6.45, 7) is 11.8. The molecule has 0 saturated heterocycles. The lowest BCUT2D eigenvalue weighted by atomic mass is 10.00. The molecule has 1 rings (SSSR count). The quantitative estimate of drug-likeness (QED) is 0.672. The number of benzene rings is 1. The molecule has 0 spiro atoms. The van der Waals surface area contributed by atoms with Gasteiger partial charge in [0.15, 0.2) is 0 Å². The Labute approximate surface area is 131 Å². The third-order valence-electron chi connectivity index (χ3n) is 4.07. The molecule has 0 aliphatic rings. The maximum absolute atomic E-state index is 10.5. The molecule has 0 heterocycles. The van der Waals surface area contributed by atoms with Crippen LogP contribution in [0.3, 0.4) is 0 Å². The van der Waals surface area contributed by atoms with Gasteiger partial charge in [-0.05, 0) is 43.0 Å². The van der Waals surface area contributed by atoms with Crippen LogP contribution in [-0.2, 0) is 0 Å². The highest BCUT2D eigenvalue weighted by molar-refractivity contribution is 5.26. The van der Waals surface area contributed by atoms with E-state index in [2.05, 4.69) is 56.9 Å². The third kappa shape index (κ3) is 6.62. The van der Waals surface area contributed by atoms with Gasteiger partial charge in [-0.1, -0.05) is 64.8 Å². The number of aliphatic hydroxyl groups is 1. The first-order chi connectivity index (χ1) is 10.1. The van der Waals surface area contributed by atoms with E-state index < -0.39 is 0 Å². The highest BCUT2D eigenvalue weighted by atomic mass is 16.3. The largest absolute Gasteiger partial charge is 0.387 e. The zero-order valence-electron chi connectivity index (χ0n) is 14.3. The first-order valence-electron chi connectivity index (χ1n) is 8.58. The van der Waals surface area contributed by atoms with Crippen LogP contribution in [0.25, 0.3) is 0 Å². The number of aliphatic hydroxyl groups excluding tert-OH is 1. The van der Waals surface area contributed by atoms with Gasteiger partial charge in [0.25, 0.3) is 0 Å². The zero-order chi connectivity index (χ0) is 15.7. The van der Waals surface area contributed by atoms with Crippen molar-refractivity contribution in [2.45, 2.75) is 65.4 Å². The summed E-state index contributed by atoms with van der Waals surface area (Å²) < 4.78 is 0. The van der Waals surface area contributed by atoms with Gasteiger partial charge in [0.2, 0.25) is 0 Å². The summed E-state index contributed by atoms with van der Waals surface area (Å²) in [7, 11) is 0. The number of hydrogen-bond acceptors (Lipinski definition) is 2. The Balaban J connectivity index is 2.59. The van der Waals surface area contributed by atoms with E-state index >= 15 is 0 Å².